The minimum absolute atomic E-state index is 0.782. The second-order valence-corrected chi connectivity index (χ2v) is 6.83. The van der Waals surface area contributed by atoms with E-state index in [1.807, 2.05) is 0 Å². The van der Waals surface area contributed by atoms with E-state index in [2.05, 4.69) is 33.0 Å². The molecule has 0 saturated heterocycles. The van der Waals surface area contributed by atoms with Crippen LogP contribution in [-0.2, 0) is 0 Å². The fourth-order valence-corrected chi connectivity index (χ4v) is 3.04. The van der Waals surface area contributed by atoms with Crippen LogP contribution < -0.4 is 5.32 Å². The highest BCUT2D eigenvalue weighted by molar-refractivity contribution is 4.77. The van der Waals surface area contributed by atoms with Crippen LogP contribution in [0.3, 0.4) is 0 Å². The van der Waals surface area contributed by atoms with Gasteiger partial charge in [-0.05, 0) is 43.2 Å². The summed E-state index contributed by atoms with van der Waals surface area (Å²) in [4.78, 5) is 0. The quantitative estimate of drug-likeness (QED) is 0.659. The molecule has 1 nitrogen and oxygen atoms in total. The van der Waals surface area contributed by atoms with Gasteiger partial charge in [-0.25, -0.2) is 0 Å². The average Bonchev–Trinajstić information content (AvgIpc) is 2.75. The number of rotatable bonds is 8. The lowest BCUT2D eigenvalue weighted by molar-refractivity contribution is 0.282. The molecule has 1 aliphatic carbocycles. The van der Waals surface area contributed by atoms with Gasteiger partial charge >= 0.3 is 0 Å². The topological polar surface area (TPSA) is 12.0 Å². The molecule has 0 aromatic heterocycles. The molecule has 0 aromatic carbocycles. The van der Waals surface area contributed by atoms with Crippen LogP contribution in [0.2, 0.25) is 0 Å². The third-order valence-electron chi connectivity index (χ3n) is 4.14. The Morgan fingerprint density at radius 2 is 1.53 bits per heavy atom. The Labute approximate surface area is 109 Å². The summed E-state index contributed by atoms with van der Waals surface area (Å²) in [6.07, 6.45) is 8.79. The van der Waals surface area contributed by atoms with E-state index in [1.54, 1.807) is 0 Å². The van der Waals surface area contributed by atoms with Gasteiger partial charge in [0, 0.05) is 0 Å². The molecule has 0 radical (unpaired) electrons. The monoisotopic (exact) mass is 239 g/mol. The largest absolute Gasteiger partial charge is 0.316 e. The third-order valence-corrected chi connectivity index (χ3v) is 4.14. The Bertz CT molecular complexity index is 180. The van der Waals surface area contributed by atoms with Crippen LogP contribution in [0.15, 0.2) is 0 Å². The van der Waals surface area contributed by atoms with E-state index in [0.717, 1.165) is 23.7 Å². The normalized spacial score (nSPS) is 19.4. The highest BCUT2D eigenvalue weighted by Crippen LogP contribution is 2.34. The molecular formula is C16H33N. The molecule has 0 bridgehead atoms. The molecule has 1 unspecified atom stereocenters. The molecule has 1 rings (SSSR count). The van der Waals surface area contributed by atoms with Crippen LogP contribution in [0.1, 0.15) is 66.2 Å². The van der Waals surface area contributed by atoms with Gasteiger partial charge in [0.1, 0.15) is 0 Å². The summed E-state index contributed by atoms with van der Waals surface area (Å²) in [5, 5.41) is 3.69. The maximum Gasteiger partial charge on any atom is -0.00178 e. The zero-order chi connectivity index (χ0) is 12.7. The van der Waals surface area contributed by atoms with E-state index >= 15 is 0 Å². The van der Waals surface area contributed by atoms with Gasteiger partial charge in [0.2, 0.25) is 0 Å². The zero-order valence-corrected chi connectivity index (χ0v) is 12.5. The predicted molar refractivity (Wildman–Crippen MR) is 77.2 cm³/mol. The lowest BCUT2D eigenvalue weighted by Crippen LogP contribution is -2.30. The Morgan fingerprint density at radius 1 is 0.882 bits per heavy atom. The van der Waals surface area contributed by atoms with Gasteiger partial charge in [-0.15, -0.1) is 0 Å². The molecule has 1 fully saturated rings. The maximum absolute atomic E-state index is 3.69. The molecule has 1 atom stereocenters. The maximum atomic E-state index is 3.69. The Kier molecular flexibility index (Phi) is 7.18. The highest BCUT2D eigenvalue weighted by atomic mass is 14.9. The van der Waals surface area contributed by atoms with Gasteiger partial charge in [-0.3, -0.25) is 0 Å². The first-order valence-electron chi connectivity index (χ1n) is 7.80. The van der Waals surface area contributed by atoms with Crippen LogP contribution in [0, 0.1) is 23.7 Å². The molecule has 102 valence electrons. The van der Waals surface area contributed by atoms with Gasteiger partial charge in [0.15, 0.2) is 0 Å². The van der Waals surface area contributed by atoms with Crippen LogP contribution in [0.5, 0.6) is 0 Å². The summed E-state index contributed by atoms with van der Waals surface area (Å²) in [6, 6.07) is 0. The standard InChI is InChI=1S/C16H33N/c1-13(2)9-10-16(12-17-11-14(3)4)15-7-5-6-8-15/h13-17H,5-12H2,1-4H3. The van der Waals surface area contributed by atoms with Crippen LogP contribution >= 0.6 is 0 Å². The molecule has 0 amide bonds. The third kappa shape index (κ3) is 6.45. The fourth-order valence-electron chi connectivity index (χ4n) is 3.04. The van der Waals surface area contributed by atoms with Crippen LogP contribution in [0.25, 0.3) is 0 Å². The van der Waals surface area contributed by atoms with E-state index in [-0.39, 0.29) is 0 Å². The average molecular weight is 239 g/mol. The molecule has 0 aliphatic heterocycles. The molecular weight excluding hydrogens is 206 g/mol. The summed E-state index contributed by atoms with van der Waals surface area (Å²) >= 11 is 0. The van der Waals surface area contributed by atoms with Crippen molar-refractivity contribution in [3.63, 3.8) is 0 Å². The molecule has 1 heteroatoms. The Hall–Kier alpha value is -0.0400. The zero-order valence-electron chi connectivity index (χ0n) is 12.5. The van der Waals surface area contributed by atoms with Crippen molar-refractivity contribution in [3.8, 4) is 0 Å². The first-order chi connectivity index (χ1) is 8.09. The van der Waals surface area contributed by atoms with Crippen molar-refractivity contribution in [3.05, 3.63) is 0 Å². The first kappa shape index (κ1) is 15.0. The lowest BCUT2D eigenvalue weighted by Gasteiger charge is -2.25. The molecule has 1 N–H and O–H groups in total. The summed E-state index contributed by atoms with van der Waals surface area (Å²) in [6.45, 7) is 11.7. The Morgan fingerprint density at radius 3 is 2.06 bits per heavy atom. The van der Waals surface area contributed by atoms with E-state index in [0.29, 0.717) is 0 Å². The number of hydrogen-bond acceptors (Lipinski definition) is 1. The van der Waals surface area contributed by atoms with Gasteiger partial charge in [0.25, 0.3) is 0 Å². The molecule has 1 saturated carbocycles. The second kappa shape index (κ2) is 8.13. The van der Waals surface area contributed by atoms with Crippen LogP contribution in [0.4, 0.5) is 0 Å². The number of nitrogens with one attached hydrogen (secondary N) is 1. The van der Waals surface area contributed by atoms with Crippen molar-refractivity contribution in [2.75, 3.05) is 13.1 Å². The van der Waals surface area contributed by atoms with Gasteiger partial charge in [0.05, 0.1) is 0 Å². The van der Waals surface area contributed by atoms with Crippen molar-refractivity contribution >= 4 is 0 Å². The summed E-state index contributed by atoms with van der Waals surface area (Å²) in [7, 11) is 0. The van der Waals surface area contributed by atoms with Gasteiger partial charge < -0.3 is 5.32 Å². The summed E-state index contributed by atoms with van der Waals surface area (Å²) < 4.78 is 0. The fraction of sp³-hybridized carbons (Fsp3) is 1.00. The molecule has 0 aromatic rings. The van der Waals surface area contributed by atoms with Gasteiger partial charge in [-0.2, -0.15) is 0 Å². The first-order valence-corrected chi connectivity index (χ1v) is 7.80. The van der Waals surface area contributed by atoms with Crippen molar-refractivity contribution < 1.29 is 0 Å². The van der Waals surface area contributed by atoms with E-state index in [9.17, 15) is 0 Å². The smallest absolute Gasteiger partial charge is 0.00178 e. The molecule has 1 aliphatic rings. The predicted octanol–water partition coefficient (Wildman–Crippen LogP) is 4.47. The van der Waals surface area contributed by atoms with Crippen molar-refractivity contribution in [1.82, 2.24) is 5.32 Å². The Balaban J connectivity index is 2.29. The van der Waals surface area contributed by atoms with E-state index < -0.39 is 0 Å². The van der Waals surface area contributed by atoms with E-state index in [1.165, 1.54) is 51.6 Å². The minimum atomic E-state index is 0.782. The van der Waals surface area contributed by atoms with Crippen molar-refractivity contribution in [2.45, 2.75) is 66.2 Å². The summed E-state index contributed by atoms with van der Waals surface area (Å²) in [5.74, 6) is 3.61. The van der Waals surface area contributed by atoms with Crippen LogP contribution in [-0.4, -0.2) is 13.1 Å². The molecule has 17 heavy (non-hydrogen) atoms. The van der Waals surface area contributed by atoms with Crippen molar-refractivity contribution in [2.24, 2.45) is 23.7 Å². The highest BCUT2D eigenvalue weighted by Gasteiger charge is 2.24. The number of hydrogen-bond donors (Lipinski definition) is 1. The SMILES string of the molecule is CC(C)CCC(CNCC(C)C)C1CCCC1. The summed E-state index contributed by atoms with van der Waals surface area (Å²) in [5.41, 5.74) is 0. The van der Waals surface area contributed by atoms with Crippen molar-refractivity contribution in [1.29, 1.82) is 0 Å². The molecule has 0 spiro atoms. The molecule has 0 heterocycles. The van der Waals surface area contributed by atoms with Gasteiger partial charge in [-0.1, -0.05) is 59.8 Å². The second-order valence-electron chi connectivity index (χ2n) is 6.83. The van der Waals surface area contributed by atoms with E-state index in [4.69, 9.17) is 0 Å². The minimum Gasteiger partial charge on any atom is -0.316 e. The lowest BCUT2D eigenvalue weighted by atomic mass is 9.85.